The minimum absolute atomic E-state index is 0.0659. The highest BCUT2D eigenvalue weighted by atomic mass is 79.9. The molecule has 20 heteroatoms. The molecule has 0 saturated heterocycles. The molecule has 0 amide bonds. The van der Waals surface area contributed by atoms with Crippen molar-refractivity contribution in [3.05, 3.63) is 115 Å². The van der Waals surface area contributed by atoms with Crippen molar-refractivity contribution in [1.82, 2.24) is 0 Å². The van der Waals surface area contributed by atoms with Gasteiger partial charge in [-0.25, -0.2) is 9.59 Å². The Balaban J connectivity index is 1.24. The lowest BCUT2D eigenvalue weighted by Gasteiger charge is -2.35. The molecule has 0 bridgehead atoms. The van der Waals surface area contributed by atoms with E-state index in [1.54, 1.807) is 45.2 Å². The number of benzene rings is 4. The Hall–Kier alpha value is -4.10. The molecule has 1 aliphatic rings. The van der Waals surface area contributed by atoms with Crippen LogP contribution in [0.5, 0.6) is 11.5 Å². The number of rotatable bonds is 44. The van der Waals surface area contributed by atoms with Crippen molar-refractivity contribution in [3.8, 4) is 22.6 Å². The van der Waals surface area contributed by atoms with Crippen LogP contribution in [0.3, 0.4) is 0 Å². The van der Waals surface area contributed by atoms with Gasteiger partial charge >= 0.3 is 11.9 Å². The molecular weight excluding hydrogens is 1130 g/mol. The number of esters is 2. The Morgan fingerprint density at radius 2 is 0.779 bits per heavy atom. The van der Waals surface area contributed by atoms with Gasteiger partial charge in [-0.2, -0.15) is 4.89 Å². The van der Waals surface area contributed by atoms with Crippen molar-refractivity contribution in [1.29, 1.82) is 0 Å². The van der Waals surface area contributed by atoms with Gasteiger partial charge in [0.25, 0.3) is 0 Å². The van der Waals surface area contributed by atoms with Gasteiger partial charge in [0.1, 0.15) is 30.1 Å². The summed E-state index contributed by atoms with van der Waals surface area (Å²) in [7, 11) is 1.63. The van der Waals surface area contributed by atoms with E-state index in [2.05, 4.69) is 63.0 Å². The summed E-state index contributed by atoms with van der Waals surface area (Å²) in [6.45, 7) is 15.5. The van der Waals surface area contributed by atoms with Crippen LogP contribution in [0.1, 0.15) is 70.2 Å². The van der Waals surface area contributed by atoms with Crippen LogP contribution in [0, 0.1) is 0 Å². The predicted molar refractivity (Wildman–Crippen MR) is 293 cm³/mol. The van der Waals surface area contributed by atoms with E-state index in [0.717, 1.165) is 44.2 Å². The van der Waals surface area contributed by atoms with Crippen LogP contribution in [0.2, 0.25) is 0 Å². The monoisotopic (exact) mass is 1210 g/mol. The van der Waals surface area contributed by atoms with E-state index in [4.69, 9.17) is 76.1 Å². The highest BCUT2D eigenvalue weighted by Crippen LogP contribution is 2.58. The first-order chi connectivity index (χ1) is 37.8. The van der Waals surface area contributed by atoms with Crippen LogP contribution in [-0.4, -0.2) is 184 Å². The smallest absolute Gasteiger partial charge is 0.342 e. The SMILES string of the molecule is CCCOCCOCCOCCOCCOCCOOc1ccc(C2(c3ccc(OCCOCCOCCOCCOCCOCCOC)c(C(=O)OCC)c3)c3cc(Br)ccc3-c3ccc(Br)cc32)cc1C(=O)OCC. The summed E-state index contributed by atoms with van der Waals surface area (Å²) in [6, 6.07) is 23.1. The van der Waals surface area contributed by atoms with Crippen molar-refractivity contribution in [3.63, 3.8) is 0 Å². The number of hydrogen-bond acceptors (Lipinski definition) is 18. The molecule has 0 aromatic heterocycles. The Morgan fingerprint density at radius 1 is 0.416 bits per heavy atom. The Bertz CT molecular complexity index is 2160. The predicted octanol–water partition coefficient (Wildman–Crippen LogP) is 8.84. The summed E-state index contributed by atoms with van der Waals surface area (Å²) in [5.41, 5.74) is 4.37. The van der Waals surface area contributed by atoms with Crippen LogP contribution in [0.4, 0.5) is 0 Å². The van der Waals surface area contributed by atoms with Crippen molar-refractivity contribution < 1.29 is 85.7 Å². The fourth-order valence-corrected chi connectivity index (χ4v) is 8.90. The summed E-state index contributed by atoms with van der Waals surface area (Å²) in [5, 5.41) is 0. The Morgan fingerprint density at radius 3 is 1.18 bits per heavy atom. The van der Waals surface area contributed by atoms with Gasteiger partial charge in [0.15, 0.2) is 5.75 Å². The molecule has 1 aliphatic carbocycles. The van der Waals surface area contributed by atoms with Crippen LogP contribution in [-0.2, 0) is 71.9 Å². The third kappa shape index (κ3) is 20.8. The molecule has 0 unspecified atom stereocenters. The lowest BCUT2D eigenvalue weighted by molar-refractivity contribution is -0.215. The van der Waals surface area contributed by atoms with Crippen molar-refractivity contribution in [2.75, 3.05) is 172 Å². The summed E-state index contributed by atoms with van der Waals surface area (Å²) in [6.07, 6.45) is 0.987. The molecule has 0 heterocycles. The zero-order valence-electron chi connectivity index (χ0n) is 44.9. The fourth-order valence-electron chi connectivity index (χ4n) is 8.18. The van der Waals surface area contributed by atoms with E-state index in [0.29, 0.717) is 136 Å². The average Bonchev–Trinajstić information content (AvgIpc) is 3.71. The van der Waals surface area contributed by atoms with Gasteiger partial charge in [-0.3, -0.25) is 0 Å². The molecule has 0 saturated carbocycles. The second kappa shape index (κ2) is 37.7. The zero-order valence-corrected chi connectivity index (χ0v) is 48.1. The molecule has 18 nitrogen and oxygen atoms in total. The van der Waals surface area contributed by atoms with Gasteiger partial charge in [0, 0.05) is 22.7 Å². The zero-order chi connectivity index (χ0) is 54.8. The lowest BCUT2D eigenvalue weighted by atomic mass is 9.67. The van der Waals surface area contributed by atoms with E-state index in [1.807, 2.05) is 24.3 Å². The van der Waals surface area contributed by atoms with E-state index in [9.17, 15) is 9.59 Å². The van der Waals surface area contributed by atoms with Crippen LogP contribution in [0.15, 0.2) is 81.7 Å². The summed E-state index contributed by atoms with van der Waals surface area (Å²) in [5.74, 6) is -0.706. The molecule has 426 valence electrons. The van der Waals surface area contributed by atoms with E-state index in [-0.39, 0.29) is 56.5 Å². The van der Waals surface area contributed by atoms with Gasteiger partial charge in [0.05, 0.1) is 151 Å². The molecule has 77 heavy (non-hydrogen) atoms. The highest BCUT2D eigenvalue weighted by molar-refractivity contribution is 9.10. The second-order valence-electron chi connectivity index (χ2n) is 16.9. The standard InChI is InChI=1S/C57H76Br2O18/c1-5-16-63-19-20-65-23-24-67-28-30-70-32-34-72-36-38-76-77-54-15-9-44(40-50(54)56(61)74-7-3)57(51-41-45(58)10-12-47(51)48-13-11-46(59)42-52(48)57)43-8-14-53(49(39-43)55(60)73-6-2)75-37-35-71-33-31-69-29-27-68-26-25-66-22-21-64-18-17-62-4/h8-15,39-42H,5-7,16-38H2,1-4H3. The quantitative estimate of drug-likeness (QED) is 0.0156. The van der Waals surface area contributed by atoms with E-state index in [1.165, 1.54) is 0 Å². The Kier molecular flexibility index (Phi) is 31.2. The molecular formula is C57H76Br2O18. The van der Waals surface area contributed by atoms with Gasteiger partial charge in [0.2, 0.25) is 0 Å². The molecule has 0 radical (unpaired) electrons. The maximum atomic E-state index is 13.9. The number of fused-ring (bicyclic) bond motifs is 3. The first-order valence-corrected chi connectivity index (χ1v) is 27.8. The third-order valence-corrected chi connectivity index (χ3v) is 12.6. The molecule has 0 spiro atoms. The van der Waals surface area contributed by atoms with Crippen molar-refractivity contribution in [2.45, 2.75) is 32.6 Å². The largest absolute Gasteiger partial charge is 0.490 e. The first-order valence-electron chi connectivity index (χ1n) is 26.2. The van der Waals surface area contributed by atoms with Crippen LogP contribution in [0.25, 0.3) is 11.1 Å². The van der Waals surface area contributed by atoms with Gasteiger partial charge < -0.3 is 71.2 Å². The summed E-state index contributed by atoms with van der Waals surface area (Å²) in [4.78, 5) is 39.2. The minimum Gasteiger partial charge on any atom is -0.490 e. The molecule has 0 N–H and O–H groups in total. The number of hydrogen-bond donors (Lipinski definition) is 0. The summed E-state index contributed by atoms with van der Waals surface area (Å²) < 4.78 is 79.6. The number of carbonyl (C=O) groups excluding carboxylic acids is 2. The average molecular weight is 1210 g/mol. The first kappa shape index (κ1) is 63.7. The van der Waals surface area contributed by atoms with Crippen molar-refractivity contribution in [2.24, 2.45) is 0 Å². The minimum atomic E-state index is -1.11. The molecule has 5 rings (SSSR count). The number of carbonyl (C=O) groups is 2. The van der Waals surface area contributed by atoms with E-state index < -0.39 is 17.4 Å². The number of ether oxygens (including phenoxy) is 14. The molecule has 0 atom stereocenters. The normalized spacial score (nSPS) is 12.4. The lowest BCUT2D eigenvalue weighted by Crippen LogP contribution is -2.30. The fraction of sp³-hybridized carbons (Fsp3) is 0.544. The van der Waals surface area contributed by atoms with Gasteiger partial charge in [-0.15, -0.1) is 0 Å². The van der Waals surface area contributed by atoms with Gasteiger partial charge in [-0.05, 0) is 102 Å². The third-order valence-electron chi connectivity index (χ3n) is 11.6. The van der Waals surface area contributed by atoms with E-state index >= 15 is 0 Å². The summed E-state index contributed by atoms with van der Waals surface area (Å²) >= 11 is 7.49. The highest BCUT2D eigenvalue weighted by Gasteiger charge is 2.47. The molecule has 0 fully saturated rings. The Labute approximate surface area is 469 Å². The van der Waals surface area contributed by atoms with Crippen molar-refractivity contribution >= 4 is 43.8 Å². The maximum absolute atomic E-state index is 13.9. The molecule has 4 aromatic rings. The second-order valence-corrected chi connectivity index (χ2v) is 18.7. The van der Waals surface area contributed by atoms with Gasteiger partial charge in [-0.1, -0.05) is 63.0 Å². The van der Waals surface area contributed by atoms with Crippen LogP contribution < -0.4 is 9.62 Å². The number of methoxy groups -OCH3 is 1. The number of halogens is 2. The topological polar surface area (TPSA) is 182 Å². The molecule has 0 aliphatic heterocycles. The maximum Gasteiger partial charge on any atom is 0.342 e. The van der Waals surface area contributed by atoms with Crippen LogP contribution >= 0.6 is 31.9 Å². The molecule has 4 aromatic carbocycles.